The zero-order valence-electron chi connectivity index (χ0n) is 11.5. The van der Waals surface area contributed by atoms with Gasteiger partial charge in [-0.15, -0.1) is 0 Å². The molecule has 0 unspecified atom stereocenters. The fourth-order valence-electron chi connectivity index (χ4n) is 1.73. The number of hydrogen-bond acceptors (Lipinski definition) is 2. The van der Waals surface area contributed by atoms with Crippen LogP contribution in [0.25, 0.3) is 0 Å². The number of hydrogen-bond donors (Lipinski definition) is 1. The van der Waals surface area contributed by atoms with Gasteiger partial charge in [-0.05, 0) is 31.0 Å². The van der Waals surface area contributed by atoms with Gasteiger partial charge >= 0.3 is 0 Å². The summed E-state index contributed by atoms with van der Waals surface area (Å²) >= 11 is 0. The van der Waals surface area contributed by atoms with Crippen molar-refractivity contribution in [3.8, 4) is 5.75 Å². The van der Waals surface area contributed by atoms with Crippen LogP contribution in [-0.4, -0.2) is 50.0 Å². The van der Waals surface area contributed by atoms with E-state index in [1.807, 2.05) is 26.0 Å². The van der Waals surface area contributed by atoms with Gasteiger partial charge in [0.2, 0.25) is 0 Å². The summed E-state index contributed by atoms with van der Waals surface area (Å²) in [7, 11) is 6.17. The van der Waals surface area contributed by atoms with Gasteiger partial charge in [0.15, 0.2) is 0 Å². The van der Waals surface area contributed by atoms with Crippen LogP contribution < -0.4 is 4.74 Å². The molecule has 3 nitrogen and oxygen atoms in total. The summed E-state index contributed by atoms with van der Waals surface area (Å²) in [6, 6.07) is 6.11. The Bertz CT molecular complexity index is 369. The Balaban J connectivity index is 2.53. The number of likely N-dealkylation sites (N-methyl/N-ethyl adjacent to an activating group) is 1. The van der Waals surface area contributed by atoms with Crippen LogP contribution in [0.1, 0.15) is 11.1 Å². The van der Waals surface area contributed by atoms with E-state index in [1.54, 1.807) is 0 Å². The molecule has 0 spiro atoms. The summed E-state index contributed by atoms with van der Waals surface area (Å²) in [5.74, 6) is 0.866. The zero-order valence-corrected chi connectivity index (χ0v) is 11.5. The summed E-state index contributed by atoms with van der Waals surface area (Å²) in [5.41, 5.74) is 2.28. The molecule has 0 fully saturated rings. The van der Waals surface area contributed by atoms with Gasteiger partial charge in [0.1, 0.15) is 25.0 Å². The molecule has 0 amide bonds. The minimum absolute atomic E-state index is 0.347. The summed E-state index contributed by atoms with van der Waals surface area (Å²) in [6.45, 7) is 5.08. The van der Waals surface area contributed by atoms with Crippen molar-refractivity contribution in [1.29, 1.82) is 0 Å². The Morgan fingerprint density at radius 1 is 1.24 bits per heavy atom. The van der Waals surface area contributed by atoms with Crippen molar-refractivity contribution in [3.05, 3.63) is 29.3 Å². The highest BCUT2D eigenvalue weighted by molar-refractivity contribution is 5.35. The van der Waals surface area contributed by atoms with E-state index in [-0.39, 0.29) is 0 Å². The molecule has 96 valence electrons. The van der Waals surface area contributed by atoms with Crippen LogP contribution in [0.5, 0.6) is 5.75 Å². The van der Waals surface area contributed by atoms with Crippen LogP contribution in [-0.2, 0) is 0 Å². The highest BCUT2D eigenvalue weighted by Gasteiger charge is 2.16. The normalized spacial score (nSPS) is 13.5. The molecule has 17 heavy (non-hydrogen) atoms. The third-order valence-corrected chi connectivity index (χ3v) is 2.53. The molecule has 1 atom stereocenters. The molecule has 3 heteroatoms. The number of aliphatic hydroxyl groups is 1. The molecule has 0 saturated heterocycles. The number of rotatable bonds is 5. The number of benzene rings is 1. The highest BCUT2D eigenvalue weighted by Crippen LogP contribution is 2.19. The molecule has 1 aromatic rings. The second kappa shape index (κ2) is 5.52. The Labute approximate surface area is 104 Å². The van der Waals surface area contributed by atoms with Crippen LogP contribution in [0.15, 0.2) is 18.2 Å². The van der Waals surface area contributed by atoms with Gasteiger partial charge in [-0.3, -0.25) is 0 Å². The van der Waals surface area contributed by atoms with Crippen molar-refractivity contribution in [2.75, 3.05) is 34.3 Å². The number of aryl methyl sites for hydroxylation is 2. The Kier molecular flexibility index (Phi) is 4.54. The first-order valence-electron chi connectivity index (χ1n) is 5.96. The lowest BCUT2D eigenvalue weighted by Crippen LogP contribution is -2.43. The van der Waals surface area contributed by atoms with Gasteiger partial charge in [0.05, 0.1) is 21.1 Å². The number of ether oxygens (including phenoxy) is 1. The third-order valence-electron chi connectivity index (χ3n) is 2.53. The first kappa shape index (κ1) is 14.0. The van der Waals surface area contributed by atoms with Gasteiger partial charge in [-0.2, -0.15) is 0 Å². The lowest BCUT2D eigenvalue weighted by molar-refractivity contribution is -0.873. The lowest BCUT2D eigenvalue weighted by atomic mass is 10.1. The van der Waals surface area contributed by atoms with Gasteiger partial charge < -0.3 is 14.3 Å². The number of nitrogens with zero attached hydrogens (tertiary/aromatic N) is 1. The highest BCUT2D eigenvalue weighted by atomic mass is 16.5. The van der Waals surface area contributed by atoms with Gasteiger partial charge in [-0.25, -0.2) is 0 Å². The van der Waals surface area contributed by atoms with Crippen LogP contribution in [0.3, 0.4) is 0 Å². The number of aliphatic hydroxyl groups excluding tert-OH is 1. The monoisotopic (exact) mass is 238 g/mol. The minimum atomic E-state index is -0.435. The average Bonchev–Trinajstić information content (AvgIpc) is 2.17. The van der Waals surface area contributed by atoms with Crippen LogP contribution >= 0.6 is 0 Å². The van der Waals surface area contributed by atoms with Crippen molar-refractivity contribution < 1.29 is 14.3 Å². The van der Waals surface area contributed by atoms with E-state index in [0.717, 1.165) is 15.8 Å². The topological polar surface area (TPSA) is 29.5 Å². The zero-order chi connectivity index (χ0) is 13.1. The molecule has 1 aromatic carbocycles. The second-order valence-electron chi connectivity index (χ2n) is 5.71. The number of quaternary nitrogens is 1. The molecule has 1 N–H and O–H groups in total. The van der Waals surface area contributed by atoms with E-state index in [9.17, 15) is 5.11 Å². The maximum atomic E-state index is 9.87. The minimum Gasteiger partial charge on any atom is -0.490 e. The van der Waals surface area contributed by atoms with Crippen molar-refractivity contribution in [1.82, 2.24) is 0 Å². The fourth-order valence-corrected chi connectivity index (χ4v) is 1.73. The SMILES string of the molecule is Cc1ccc(C)c(OC[C@@H](O)C[N+](C)(C)C)c1. The molecule has 0 aliphatic carbocycles. The van der Waals surface area contributed by atoms with E-state index < -0.39 is 6.10 Å². The summed E-state index contributed by atoms with van der Waals surface area (Å²) in [5, 5.41) is 9.87. The van der Waals surface area contributed by atoms with Gasteiger partial charge in [-0.1, -0.05) is 12.1 Å². The molecule has 0 aromatic heterocycles. The Morgan fingerprint density at radius 3 is 2.47 bits per heavy atom. The predicted molar refractivity (Wildman–Crippen MR) is 70.3 cm³/mol. The molecule has 0 heterocycles. The molecule has 0 radical (unpaired) electrons. The van der Waals surface area contributed by atoms with Crippen molar-refractivity contribution >= 4 is 0 Å². The molecular weight excluding hydrogens is 214 g/mol. The smallest absolute Gasteiger partial charge is 0.137 e. The van der Waals surface area contributed by atoms with E-state index in [4.69, 9.17) is 4.74 Å². The first-order chi connectivity index (χ1) is 7.78. The summed E-state index contributed by atoms with van der Waals surface area (Å²) < 4.78 is 6.40. The quantitative estimate of drug-likeness (QED) is 0.792. The standard InChI is InChI=1S/C14H24NO2/c1-11-6-7-12(2)14(8-11)17-10-13(16)9-15(3,4)5/h6-8,13,16H,9-10H2,1-5H3/q+1/t13-/m0/s1. The van der Waals surface area contributed by atoms with E-state index >= 15 is 0 Å². The Hall–Kier alpha value is -1.06. The lowest BCUT2D eigenvalue weighted by Gasteiger charge is -2.26. The van der Waals surface area contributed by atoms with Crippen molar-refractivity contribution in [3.63, 3.8) is 0 Å². The first-order valence-corrected chi connectivity index (χ1v) is 5.96. The molecular formula is C14H24NO2+. The maximum absolute atomic E-state index is 9.87. The summed E-state index contributed by atoms with van der Waals surface area (Å²) in [6.07, 6.45) is -0.435. The van der Waals surface area contributed by atoms with Gasteiger partial charge in [0.25, 0.3) is 0 Å². The van der Waals surface area contributed by atoms with E-state index in [0.29, 0.717) is 13.2 Å². The predicted octanol–water partition coefficient (Wildman–Crippen LogP) is 1.75. The van der Waals surface area contributed by atoms with Crippen molar-refractivity contribution in [2.24, 2.45) is 0 Å². The van der Waals surface area contributed by atoms with E-state index in [1.165, 1.54) is 5.56 Å². The Morgan fingerprint density at radius 2 is 1.88 bits per heavy atom. The van der Waals surface area contributed by atoms with Crippen LogP contribution in [0.4, 0.5) is 0 Å². The van der Waals surface area contributed by atoms with Crippen molar-refractivity contribution in [2.45, 2.75) is 20.0 Å². The molecule has 0 aliphatic rings. The molecule has 1 rings (SSSR count). The molecule has 0 bridgehead atoms. The van der Waals surface area contributed by atoms with E-state index in [2.05, 4.69) is 27.2 Å². The maximum Gasteiger partial charge on any atom is 0.137 e. The average molecular weight is 238 g/mol. The molecule has 0 aliphatic heterocycles. The largest absolute Gasteiger partial charge is 0.490 e. The fraction of sp³-hybridized carbons (Fsp3) is 0.571. The third kappa shape index (κ3) is 5.20. The van der Waals surface area contributed by atoms with Gasteiger partial charge in [0, 0.05) is 0 Å². The molecule has 0 saturated carbocycles. The summed E-state index contributed by atoms with van der Waals surface area (Å²) in [4.78, 5) is 0. The second-order valence-corrected chi connectivity index (χ2v) is 5.71. The van der Waals surface area contributed by atoms with Crippen LogP contribution in [0, 0.1) is 13.8 Å². The van der Waals surface area contributed by atoms with Crippen LogP contribution in [0.2, 0.25) is 0 Å².